The molecule has 0 heterocycles. The lowest BCUT2D eigenvalue weighted by molar-refractivity contribution is -0.189. The first-order valence-electron chi connectivity index (χ1n) is 8.83. The fraction of sp³-hybridized carbons (Fsp3) is 0.789. The molecule has 0 aromatic heterocycles. The van der Waals surface area contributed by atoms with Gasteiger partial charge in [-0.05, 0) is 43.1 Å². The highest BCUT2D eigenvalue weighted by atomic mass is 16.3. The van der Waals surface area contributed by atoms with Crippen molar-refractivity contribution in [1.29, 1.82) is 0 Å². The third-order valence-corrected chi connectivity index (χ3v) is 7.65. The van der Waals surface area contributed by atoms with E-state index in [1.165, 1.54) is 0 Å². The molecule has 4 nitrogen and oxygen atoms in total. The summed E-state index contributed by atoms with van der Waals surface area (Å²) in [5.74, 6) is 0.0695. The second kappa shape index (κ2) is 4.69. The van der Waals surface area contributed by atoms with E-state index in [4.69, 9.17) is 0 Å². The van der Waals surface area contributed by atoms with Gasteiger partial charge in [-0.3, -0.25) is 0 Å². The largest absolute Gasteiger partial charge is 0.392 e. The van der Waals surface area contributed by atoms with E-state index in [-0.39, 0.29) is 17.8 Å². The van der Waals surface area contributed by atoms with Gasteiger partial charge < -0.3 is 20.4 Å². The molecule has 23 heavy (non-hydrogen) atoms. The molecular weight excluding hydrogens is 292 g/mol. The van der Waals surface area contributed by atoms with E-state index in [1.54, 1.807) is 0 Å². The van der Waals surface area contributed by atoms with Gasteiger partial charge in [0.15, 0.2) is 0 Å². The number of fused-ring (bicyclic) bond motifs is 3. The van der Waals surface area contributed by atoms with E-state index in [2.05, 4.69) is 12.7 Å². The molecule has 4 heteroatoms. The number of rotatable bonds is 0. The highest BCUT2D eigenvalue weighted by molar-refractivity contribution is 5.37. The third-order valence-electron chi connectivity index (χ3n) is 7.65. The minimum Gasteiger partial charge on any atom is -0.392 e. The molecule has 4 rings (SSSR count). The van der Waals surface area contributed by atoms with Crippen LogP contribution in [0.2, 0.25) is 0 Å². The van der Waals surface area contributed by atoms with Crippen LogP contribution in [0.1, 0.15) is 39.5 Å². The monoisotopic (exact) mass is 320 g/mol. The smallest absolute Gasteiger partial charge is 0.0895 e. The fourth-order valence-electron chi connectivity index (χ4n) is 6.27. The first-order valence-corrected chi connectivity index (χ1v) is 8.83. The van der Waals surface area contributed by atoms with Crippen LogP contribution in [0, 0.1) is 28.6 Å². The average molecular weight is 320 g/mol. The van der Waals surface area contributed by atoms with Crippen LogP contribution in [0.3, 0.4) is 0 Å². The Labute approximate surface area is 137 Å². The molecule has 2 bridgehead atoms. The maximum Gasteiger partial charge on any atom is 0.0895 e. The molecule has 1 spiro atoms. The second-order valence-corrected chi connectivity index (χ2v) is 8.81. The number of hydrogen-bond acceptors (Lipinski definition) is 4. The summed E-state index contributed by atoms with van der Waals surface area (Å²) in [5, 5.41) is 43.2. The van der Waals surface area contributed by atoms with Gasteiger partial charge in [0, 0.05) is 16.7 Å². The van der Waals surface area contributed by atoms with Crippen molar-refractivity contribution >= 4 is 0 Å². The summed E-state index contributed by atoms with van der Waals surface area (Å²) in [6, 6.07) is 0. The first-order chi connectivity index (χ1) is 10.7. The maximum atomic E-state index is 11.0. The van der Waals surface area contributed by atoms with Gasteiger partial charge in [-0.15, -0.1) is 0 Å². The van der Waals surface area contributed by atoms with Gasteiger partial charge in [-0.1, -0.05) is 32.1 Å². The fourth-order valence-corrected chi connectivity index (χ4v) is 6.27. The summed E-state index contributed by atoms with van der Waals surface area (Å²) in [7, 11) is 0. The van der Waals surface area contributed by atoms with Crippen LogP contribution in [0.25, 0.3) is 0 Å². The number of aliphatic hydroxyl groups is 4. The lowest BCUT2D eigenvalue weighted by Gasteiger charge is -2.59. The van der Waals surface area contributed by atoms with Crippen LogP contribution in [0.4, 0.5) is 0 Å². The first kappa shape index (κ1) is 15.8. The van der Waals surface area contributed by atoms with Crippen molar-refractivity contribution in [3.05, 3.63) is 23.8 Å². The molecule has 0 saturated heterocycles. The van der Waals surface area contributed by atoms with Gasteiger partial charge in [-0.2, -0.15) is 0 Å². The topological polar surface area (TPSA) is 80.9 Å². The summed E-state index contributed by atoms with van der Waals surface area (Å²) in [6.07, 6.45) is 2.05. The average Bonchev–Trinajstić information content (AvgIpc) is 2.70. The van der Waals surface area contributed by atoms with Crippen molar-refractivity contribution < 1.29 is 20.4 Å². The van der Waals surface area contributed by atoms with Crippen molar-refractivity contribution in [3.63, 3.8) is 0 Å². The Bertz CT molecular complexity index is 580. The van der Waals surface area contributed by atoms with Gasteiger partial charge in [0.2, 0.25) is 0 Å². The molecule has 3 saturated carbocycles. The molecule has 0 unspecified atom stereocenters. The number of hydrogen-bond donors (Lipinski definition) is 4. The number of aliphatic hydroxyl groups excluding tert-OH is 4. The molecule has 0 aliphatic heterocycles. The van der Waals surface area contributed by atoms with Crippen LogP contribution < -0.4 is 0 Å². The van der Waals surface area contributed by atoms with Crippen LogP contribution in [0.15, 0.2) is 23.8 Å². The van der Waals surface area contributed by atoms with Gasteiger partial charge in [0.05, 0.1) is 24.4 Å². The highest BCUT2D eigenvalue weighted by Gasteiger charge is 2.67. The molecule has 4 aliphatic carbocycles. The minimum atomic E-state index is -0.976. The molecule has 0 aromatic rings. The Kier molecular flexibility index (Phi) is 3.23. The summed E-state index contributed by atoms with van der Waals surface area (Å²) >= 11 is 0. The Hall–Kier alpha value is -0.680. The van der Waals surface area contributed by atoms with E-state index in [0.717, 1.165) is 24.0 Å². The summed E-state index contributed by atoms with van der Waals surface area (Å²) < 4.78 is 0. The van der Waals surface area contributed by atoms with E-state index in [9.17, 15) is 20.4 Å². The zero-order valence-electron chi connectivity index (χ0n) is 13.9. The van der Waals surface area contributed by atoms with E-state index in [0.29, 0.717) is 12.8 Å². The Balaban J connectivity index is 1.86. The minimum absolute atomic E-state index is 0.0724. The van der Waals surface area contributed by atoms with Gasteiger partial charge in [0.25, 0.3) is 0 Å². The van der Waals surface area contributed by atoms with Crippen LogP contribution in [-0.4, -0.2) is 44.8 Å². The van der Waals surface area contributed by atoms with Crippen molar-refractivity contribution in [2.45, 2.75) is 63.9 Å². The SMILES string of the molecule is C=C1[C@@H]2CC[C@H]3C4=CC[C@@H](O)C(C)(C)[C@H]4[C@H](O)[C@H](O)[C@]3(C2)[C@@H]1O. The zero-order chi connectivity index (χ0) is 16.7. The zero-order valence-corrected chi connectivity index (χ0v) is 13.9. The van der Waals surface area contributed by atoms with Crippen molar-refractivity contribution in [2.24, 2.45) is 28.6 Å². The maximum absolute atomic E-state index is 11.0. The Morgan fingerprint density at radius 1 is 1.13 bits per heavy atom. The van der Waals surface area contributed by atoms with Gasteiger partial charge >= 0.3 is 0 Å². The molecule has 0 radical (unpaired) electrons. The summed E-state index contributed by atoms with van der Waals surface area (Å²) in [6.45, 7) is 8.01. The molecule has 8 atom stereocenters. The predicted molar refractivity (Wildman–Crippen MR) is 86.4 cm³/mol. The normalized spacial score (nSPS) is 54.3. The molecule has 0 amide bonds. The second-order valence-electron chi connectivity index (χ2n) is 8.81. The molecule has 4 N–H and O–H groups in total. The predicted octanol–water partition coefficient (Wildman–Crippen LogP) is 1.39. The van der Waals surface area contributed by atoms with Crippen LogP contribution in [-0.2, 0) is 0 Å². The molecule has 3 fully saturated rings. The van der Waals surface area contributed by atoms with Crippen molar-refractivity contribution in [3.8, 4) is 0 Å². The molecule has 128 valence electrons. The Morgan fingerprint density at radius 3 is 2.52 bits per heavy atom. The van der Waals surface area contributed by atoms with Gasteiger partial charge in [-0.25, -0.2) is 0 Å². The lowest BCUT2D eigenvalue weighted by Crippen LogP contribution is -2.64. The Morgan fingerprint density at radius 2 is 1.83 bits per heavy atom. The summed E-state index contributed by atoms with van der Waals surface area (Å²) in [5.41, 5.74) is 0.794. The van der Waals surface area contributed by atoms with E-state index < -0.39 is 35.2 Å². The van der Waals surface area contributed by atoms with Crippen molar-refractivity contribution in [2.75, 3.05) is 0 Å². The van der Waals surface area contributed by atoms with Crippen LogP contribution >= 0.6 is 0 Å². The lowest BCUT2D eigenvalue weighted by atomic mass is 9.48. The van der Waals surface area contributed by atoms with Gasteiger partial charge in [0.1, 0.15) is 0 Å². The van der Waals surface area contributed by atoms with E-state index in [1.807, 2.05) is 13.8 Å². The quantitative estimate of drug-likeness (QED) is 0.509. The highest BCUT2D eigenvalue weighted by Crippen LogP contribution is 2.66. The third kappa shape index (κ3) is 1.70. The van der Waals surface area contributed by atoms with Crippen LogP contribution in [0.5, 0.6) is 0 Å². The standard InChI is InChI=1S/C19H28O4/c1-9-10-4-6-12-11-5-7-13(20)18(2,3)14(11)15(21)17(23)19(12,8-10)16(9)22/h5,10,12-17,20-23H,1,4,6-8H2,2-3H3/t10-,12+,13-,14-,15+,16-,17+,19+/m1/s1. The van der Waals surface area contributed by atoms with Crippen molar-refractivity contribution in [1.82, 2.24) is 0 Å². The summed E-state index contributed by atoms with van der Waals surface area (Å²) in [4.78, 5) is 0. The molecule has 4 aliphatic rings. The molecule has 0 aromatic carbocycles. The van der Waals surface area contributed by atoms with E-state index >= 15 is 0 Å². The molecular formula is C19H28O4.